The van der Waals surface area contributed by atoms with Gasteiger partial charge in [-0.3, -0.25) is 4.79 Å². The summed E-state index contributed by atoms with van der Waals surface area (Å²) in [6.45, 7) is 4.49. The van der Waals surface area contributed by atoms with E-state index in [1.807, 2.05) is 59.5 Å². The summed E-state index contributed by atoms with van der Waals surface area (Å²) in [7, 11) is 0. The molecular weight excluding hydrogens is 312 g/mol. The Bertz CT molecular complexity index is 713. The van der Waals surface area contributed by atoms with Crippen molar-refractivity contribution in [3.8, 4) is 5.75 Å². The minimum absolute atomic E-state index is 0.151. The van der Waals surface area contributed by atoms with Gasteiger partial charge in [-0.25, -0.2) is 0 Å². The van der Waals surface area contributed by atoms with Crippen LogP contribution >= 0.6 is 0 Å². The number of rotatable bonds is 4. The Kier molecular flexibility index (Phi) is 4.45. The van der Waals surface area contributed by atoms with E-state index < -0.39 is 0 Å². The summed E-state index contributed by atoms with van der Waals surface area (Å²) in [4.78, 5) is 14.7. The molecule has 2 aromatic rings. The normalized spacial score (nSPS) is 18.6. The summed E-state index contributed by atoms with van der Waals surface area (Å²) in [5.41, 5.74) is 2.31. The van der Waals surface area contributed by atoms with Crippen LogP contribution in [0.25, 0.3) is 0 Å². The third kappa shape index (κ3) is 3.54. The quantitative estimate of drug-likeness (QED) is 0.933. The molecule has 1 N–H and O–H groups in total. The largest absolute Gasteiger partial charge is 0.489 e. The lowest BCUT2D eigenvalue weighted by molar-refractivity contribution is 0.0414. The van der Waals surface area contributed by atoms with Gasteiger partial charge in [-0.1, -0.05) is 30.3 Å². The van der Waals surface area contributed by atoms with E-state index in [-0.39, 0.29) is 5.91 Å². The zero-order valence-electron chi connectivity index (χ0n) is 14.4. The molecule has 2 saturated heterocycles. The average Bonchev–Trinajstić information content (AvgIpc) is 2.66. The number of nitrogens with zero attached hydrogens (tertiary/aromatic N) is 1. The van der Waals surface area contributed by atoms with Gasteiger partial charge < -0.3 is 15.0 Å². The van der Waals surface area contributed by atoms with E-state index in [9.17, 15) is 4.79 Å². The van der Waals surface area contributed by atoms with Gasteiger partial charge >= 0.3 is 0 Å². The van der Waals surface area contributed by atoms with Crippen molar-refractivity contribution in [2.75, 3.05) is 26.2 Å². The Morgan fingerprint density at radius 2 is 1.68 bits per heavy atom. The number of nitrogens with one attached hydrogen (secondary N) is 1. The number of likely N-dealkylation sites (tertiary alicyclic amines) is 1. The highest BCUT2D eigenvalue weighted by molar-refractivity contribution is 5.94. The molecule has 0 aromatic heterocycles. The van der Waals surface area contributed by atoms with Crippen molar-refractivity contribution in [1.29, 1.82) is 0 Å². The molecule has 130 valence electrons. The number of ether oxygens (including phenoxy) is 1. The number of amides is 1. The molecule has 4 rings (SSSR count). The molecule has 4 heteroatoms. The molecule has 0 bridgehead atoms. The molecule has 4 nitrogen and oxygen atoms in total. The third-order valence-electron chi connectivity index (χ3n) is 5.46. The van der Waals surface area contributed by atoms with Crippen LogP contribution in [0.4, 0.5) is 0 Å². The second-order valence-corrected chi connectivity index (χ2v) is 7.19. The average molecular weight is 336 g/mol. The molecule has 1 spiro atoms. The standard InChI is InChI=1S/C21H24N2O2/c24-20(23-12-10-21(11-13-23)15-22-16-21)18-8-6-17(7-9-18)14-25-19-4-2-1-3-5-19/h1-9,22H,10-16H2. The van der Waals surface area contributed by atoms with Crippen molar-refractivity contribution in [3.63, 3.8) is 0 Å². The molecule has 2 aliphatic rings. The van der Waals surface area contributed by atoms with E-state index >= 15 is 0 Å². The zero-order chi connectivity index (χ0) is 17.1. The van der Waals surface area contributed by atoms with Gasteiger partial charge in [-0.15, -0.1) is 0 Å². The van der Waals surface area contributed by atoms with E-state index in [2.05, 4.69) is 5.32 Å². The van der Waals surface area contributed by atoms with Crippen molar-refractivity contribution >= 4 is 5.91 Å². The van der Waals surface area contributed by atoms with Crippen molar-refractivity contribution in [2.24, 2.45) is 5.41 Å². The lowest BCUT2D eigenvalue weighted by atomic mass is 9.73. The van der Waals surface area contributed by atoms with Crippen LogP contribution in [-0.4, -0.2) is 37.0 Å². The molecule has 0 saturated carbocycles. The number of carbonyl (C=O) groups excluding carboxylic acids is 1. The smallest absolute Gasteiger partial charge is 0.253 e. The number of carbonyl (C=O) groups is 1. The van der Waals surface area contributed by atoms with Crippen LogP contribution in [-0.2, 0) is 6.61 Å². The third-order valence-corrected chi connectivity index (χ3v) is 5.46. The monoisotopic (exact) mass is 336 g/mol. The number of hydrogen-bond acceptors (Lipinski definition) is 3. The van der Waals surface area contributed by atoms with Crippen LogP contribution < -0.4 is 10.1 Å². The van der Waals surface area contributed by atoms with E-state index in [0.717, 1.165) is 55.9 Å². The predicted molar refractivity (Wildman–Crippen MR) is 97.7 cm³/mol. The SMILES string of the molecule is O=C(c1ccc(COc2ccccc2)cc1)N1CCC2(CC1)CNC2. The van der Waals surface area contributed by atoms with Crippen molar-refractivity contribution < 1.29 is 9.53 Å². The first kappa shape index (κ1) is 16.2. The van der Waals surface area contributed by atoms with Gasteiger partial charge in [-0.2, -0.15) is 0 Å². The van der Waals surface area contributed by atoms with Crippen LogP contribution in [0.2, 0.25) is 0 Å². The summed E-state index contributed by atoms with van der Waals surface area (Å²) in [6, 6.07) is 17.6. The Morgan fingerprint density at radius 3 is 2.28 bits per heavy atom. The minimum atomic E-state index is 0.151. The fourth-order valence-corrected chi connectivity index (χ4v) is 3.63. The van der Waals surface area contributed by atoms with Gasteiger partial charge in [-0.05, 0) is 48.1 Å². The van der Waals surface area contributed by atoms with E-state index in [1.165, 1.54) is 0 Å². The first-order chi connectivity index (χ1) is 12.2. The molecule has 1 amide bonds. The minimum Gasteiger partial charge on any atom is -0.489 e. The maximum absolute atomic E-state index is 12.7. The molecular formula is C21H24N2O2. The highest BCUT2D eigenvalue weighted by Gasteiger charge is 2.40. The summed E-state index contributed by atoms with van der Waals surface area (Å²) in [6.07, 6.45) is 2.24. The summed E-state index contributed by atoms with van der Waals surface area (Å²) < 4.78 is 5.75. The molecule has 2 heterocycles. The number of para-hydroxylation sites is 1. The second-order valence-electron chi connectivity index (χ2n) is 7.19. The van der Waals surface area contributed by atoms with Gasteiger partial charge in [0.05, 0.1) is 0 Å². The zero-order valence-corrected chi connectivity index (χ0v) is 14.4. The first-order valence-corrected chi connectivity index (χ1v) is 9.01. The maximum Gasteiger partial charge on any atom is 0.253 e. The number of piperidine rings is 1. The van der Waals surface area contributed by atoms with Crippen molar-refractivity contribution in [1.82, 2.24) is 10.2 Å². The van der Waals surface area contributed by atoms with Crippen LogP contribution in [0.3, 0.4) is 0 Å². The number of hydrogen-bond donors (Lipinski definition) is 1. The van der Waals surface area contributed by atoms with E-state index in [1.54, 1.807) is 0 Å². The fourth-order valence-electron chi connectivity index (χ4n) is 3.63. The van der Waals surface area contributed by atoms with Gasteiger partial charge in [0.15, 0.2) is 0 Å². The molecule has 0 atom stereocenters. The summed E-state index contributed by atoms with van der Waals surface area (Å²) in [5, 5.41) is 3.36. The number of benzene rings is 2. The van der Waals surface area contributed by atoms with Gasteiger partial charge in [0.1, 0.15) is 12.4 Å². The molecule has 2 aliphatic heterocycles. The topological polar surface area (TPSA) is 41.6 Å². The van der Waals surface area contributed by atoms with Crippen molar-refractivity contribution in [2.45, 2.75) is 19.4 Å². The maximum atomic E-state index is 12.7. The van der Waals surface area contributed by atoms with Crippen LogP contribution in [0.15, 0.2) is 54.6 Å². The first-order valence-electron chi connectivity index (χ1n) is 9.01. The molecule has 25 heavy (non-hydrogen) atoms. The van der Waals surface area contributed by atoms with Crippen molar-refractivity contribution in [3.05, 3.63) is 65.7 Å². The Balaban J connectivity index is 1.33. The van der Waals surface area contributed by atoms with Gasteiger partial charge in [0.2, 0.25) is 0 Å². The molecule has 2 fully saturated rings. The Labute approximate surface area is 148 Å². The van der Waals surface area contributed by atoms with Crippen LogP contribution in [0, 0.1) is 5.41 Å². The van der Waals surface area contributed by atoms with Gasteiger partial charge in [0, 0.05) is 31.7 Å². The summed E-state index contributed by atoms with van der Waals surface area (Å²) in [5.74, 6) is 1.01. The lowest BCUT2D eigenvalue weighted by Crippen LogP contribution is -2.58. The fraction of sp³-hybridized carbons (Fsp3) is 0.381. The Morgan fingerprint density at radius 1 is 1.00 bits per heavy atom. The molecule has 0 aliphatic carbocycles. The highest BCUT2D eigenvalue weighted by Crippen LogP contribution is 2.35. The lowest BCUT2D eigenvalue weighted by Gasteiger charge is -2.48. The van der Waals surface area contributed by atoms with Crippen LogP contribution in [0.1, 0.15) is 28.8 Å². The second kappa shape index (κ2) is 6.89. The van der Waals surface area contributed by atoms with E-state index in [4.69, 9.17) is 4.74 Å². The Hall–Kier alpha value is -2.33. The molecule has 0 unspecified atom stereocenters. The highest BCUT2D eigenvalue weighted by atomic mass is 16.5. The molecule has 0 radical (unpaired) electrons. The van der Waals surface area contributed by atoms with Gasteiger partial charge in [0.25, 0.3) is 5.91 Å². The predicted octanol–water partition coefficient (Wildman–Crippen LogP) is 3.09. The van der Waals surface area contributed by atoms with Crippen LogP contribution in [0.5, 0.6) is 5.75 Å². The van der Waals surface area contributed by atoms with E-state index in [0.29, 0.717) is 12.0 Å². The summed E-state index contributed by atoms with van der Waals surface area (Å²) >= 11 is 0. The molecule has 2 aromatic carbocycles.